The second kappa shape index (κ2) is 10.2. The molecular formula is C21H25ClN4O2. The molecule has 3 rings (SSSR count). The van der Waals surface area contributed by atoms with Crippen LogP contribution in [0.4, 0.5) is 0 Å². The fraction of sp³-hybridized carbons (Fsp3) is 0.333. The van der Waals surface area contributed by atoms with Gasteiger partial charge >= 0.3 is 0 Å². The first-order chi connectivity index (χ1) is 13.6. The van der Waals surface area contributed by atoms with Crippen molar-refractivity contribution < 1.29 is 9.53 Å². The molecule has 1 saturated heterocycles. The second-order valence-electron chi connectivity index (χ2n) is 6.71. The molecule has 1 aliphatic rings. The van der Waals surface area contributed by atoms with Crippen LogP contribution in [0.1, 0.15) is 11.1 Å². The molecule has 1 heterocycles. The van der Waals surface area contributed by atoms with Gasteiger partial charge in [0.15, 0.2) is 0 Å². The van der Waals surface area contributed by atoms with Gasteiger partial charge in [-0.2, -0.15) is 5.10 Å². The van der Waals surface area contributed by atoms with E-state index in [-0.39, 0.29) is 5.91 Å². The zero-order valence-corrected chi connectivity index (χ0v) is 16.7. The summed E-state index contributed by atoms with van der Waals surface area (Å²) in [7, 11) is 1.62. The second-order valence-corrected chi connectivity index (χ2v) is 7.12. The van der Waals surface area contributed by atoms with Crippen LogP contribution < -0.4 is 10.2 Å². The smallest absolute Gasteiger partial charge is 0.254 e. The van der Waals surface area contributed by atoms with Gasteiger partial charge in [0.25, 0.3) is 5.91 Å². The highest BCUT2D eigenvalue weighted by molar-refractivity contribution is 6.31. The molecule has 2 aromatic rings. The van der Waals surface area contributed by atoms with E-state index >= 15 is 0 Å². The minimum absolute atomic E-state index is 0.112. The van der Waals surface area contributed by atoms with E-state index in [0.29, 0.717) is 6.54 Å². The van der Waals surface area contributed by atoms with Gasteiger partial charge in [-0.3, -0.25) is 14.6 Å². The molecule has 0 unspecified atom stereocenters. The molecule has 2 aromatic carbocycles. The SMILES string of the molecule is COc1cccc(C=NNC(=O)CN2CCN(Cc3ccccc3Cl)CC2)c1. The molecule has 28 heavy (non-hydrogen) atoms. The number of hydrogen-bond acceptors (Lipinski definition) is 5. The van der Waals surface area contributed by atoms with Gasteiger partial charge in [0, 0.05) is 37.7 Å². The van der Waals surface area contributed by atoms with Gasteiger partial charge in [-0.1, -0.05) is 41.9 Å². The molecule has 0 spiro atoms. The van der Waals surface area contributed by atoms with E-state index in [1.54, 1.807) is 13.3 Å². The fourth-order valence-electron chi connectivity index (χ4n) is 3.11. The fourth-order valence-corrected chi connectivity index (χ4v) is 3.31. The first kappa shape index (κ1) is 20.3. The summed E-state index contributed by atoms with van der Waals surface area (Å²) in [5.74, 6) is 0.642. The van der Waals surface area contributed by atoms with E-state index in [1.807, 2.05) is 42.5 Å². The highest BCUT2D eigenvalue weighted by atomic mass is 35.5. The number of methoxy groups -OCH3 is 1. The third-order valence-electron chi connectivity index (χ3n) is 4.68. The predicted molar refractivity (Wildman–Crippen MR) is 112 cm³/mol. The number of piperazine rings is 1. The Bertz CT molecular complexity index is 820. The summed E-state index contributed by atoms with van der Waals surface area (Å²) in [6.45, 7) is 4.69. The van der Waals surface area contributed by atoms with E-state index in [1.165, 1.54) is 0 Å². The quantitative estimate of drug-likeness (QED) is 0.573. The molecule has 1 fully saturated rings. The summed E-state index contributed by atoms with van der Waals surface area (Å²) in [5, 5.41) is 4.83. The van der Waals surface area contributed by atoms with Crippen molar-refractivity contribution in [2.75, 3.05) is 39.8 Å². The number of nitrogens with zero attached hydrogens (tertiary/aromatic N) is 3. The summed E-state index contributed by atoms with van der Waals surface area (Å²) in [6.07, 6.45) is 1.61. The van der Waals surface area contributed by atoms with E-state index in [0.717, 1.165) is 54.6 Å². The lowest BCUT2D eigenvalue weighted by Gasteiger charge is -2.34. The Kier molecular flexibility index (Phi) is 7.42. The van der Waals surface area contributed by atoms with Gasteiger partial charge < -0.3 is 4.74 Å². The largest absolute Gasteiger partial charge is 0.497 e. The summed E-state index contributed by atoms with van der Waals surface area (Å²) in [5.41, 5.74) is 4.60. The van der Waals surface area contributed by atoms with Crippen LogP contribution in [-0.4, -0.2) is 61.8 Å². The lowest BCUT2D eigenvalue weighted by atomic mass is 10.2. The summed E-state index contributed by atoms with van der Waals surface area (Å²) in [4.78, 5) is 16.6. The highest BCUT2D eigenvalue weighted by Crippen LogP contribution is 2.17. The number of carbonyl (C=O) groups excluding carboxylic acids is 1. The van der Waals surface area contributed by atoms with Crippen molar-refractivity contribution in [3.63, 3.8) is 0 Å². The molecule has 6 nitrogen and oxygen atoms in total. The van der Waals surface area contributed by atoms with Crippen LogP contribution in [0.25, 0.3) is 0 Å². The zero-order valence-electron chi connectivity index (χ0n) is 16.0. The van der Waals surface area contributed by atoms with Crippen LogP contribution in [0.3, 0.4) is 0 Å². The Labute approximate surface area is 170 Å². The van der Waals surface area contributed by atoms with Gasteiger partial charge in [-0.25, -0.2) is 5.43 Å². The van der Waals surface area contributed by atoms with E-state index < -0.39 is 0 Å². The number of hydrazone groups is 1. The number of nitrogens with one attached hydrogen (secondary N) is 1. The van der Waals surface area contributed by atoms with Crippen molar-refractivity contribution in [3.8, 4) is 5.75 Å². The average molecular weight is 401 g/mol. The topological polar surface area (TPSA) is 57.2 Å². The Morgan fingerprint density at radius 3 is 2.64 bits per heavy atom. The van der Waals surface area contributed by atoms with E-state index in [2.05, 4.69) is 26.4 Å². The molecule has 0 saturated carbocycles. The van der Waals surface area contributed by atoms with Crippen molar-refractivity contribution in [1.29, 1.82) is 0 Å². The molecule has 1 aliphatic heterocycles. The van der Waals surface area contributed by atoms with Gasteiger partial charge in [0.05, 0.1) is 19.9 Å². The van der Waals surface area contributed by atoms with Crippen LogP contribution in [0.15, 0.2) is 53.6 Å². The number of rotatable bonds is 7. The minimum atomic E-state index is -0.112. The van der Waals surface area contributed by atoms with Gasteiger partial charge in [0.2, 0.25) is 0 Å². The van der Waals surface area contributed by atoms with Crippen molar-refractivity contribution in [1.82, 2.24) is 15.2 Å². The number of carbonyl (C=O) groups is 1. The number of benzene rings is 2. The van der Waals surface area contributed by atoms with Crippen molar-refractivity contribution in [2.45, 2.75) is 6.54 Å². The van der Waals surface area contributed by atoms with Crippen molar-refractivity contribution >= 4 is 23.7 Å². The Hall–Kier alpha value is -2.41. The van der Waals surface area contributed by atoms with Crippen LogP contribution >= 0.6 is 11.6 Å². The molecule has 0 radical (unpaired) electrons. The maximum Gasteiger partial charge on any atom is 0.254 e. The lowest BCUT2D eigenvalue weighted by Crippen LogP contribution is -2.48. The molecule has 7 heteroatoms. The summed E-state index contributed by atoms with van der Waals surface area (Å²) >= 11 is 6.24. The molecule has 0 aliphatic carbocycles. The maximum atomic E-state index is 12.1. The number of halogens is 1. The monoisotopic (exact) mass is 400 g/mol. The average Bonchev–Trinajstić information content (AvgIpc) is 2.71. The third kappa shape index (κ3) is 6.05. The third-order valence-corrected chi connectivity index (χ3v) is 5.05. The Morgan fingerprint density at radius 2 is 1.89 bits per heavy atom. The summed E-state index contributed by atoms with van der Waals surface area (Å²) in [6, 6.07) is 15.4. The Morgan fingerprint density at radius 1 is 1.14 bits per heavy atom. The first-order valence-electron chi connectivity index (χ1n) is 9.28. The number of hydrogen-bond donors (Lipinski definition) is 1. The highest BCUT2D eigenvalue weighted by Gasteiger charge is 2.19. The zero-order chi connectivity index (χ0) is 19.8. The van der Waals surface area contributed by atoms with Crippen LogP contribution in [0, 0.1) is 0 Å². The van der Waals surface area contributed by atoms with Gasteiger partial charge in [0.1, 0.15) is 5.75 Å². The number of amides is 1. The van der Waals surface area contributed by atoms with Crippen LogP contribution in [0.5, 0.6) is 5.75 Å². The molecule has 1 N–H and O–H groups in total. The normalized spacial score (nSPS) is 15.6. The maximum absolute atomic E-state index is 12.1. The van der Waals surface area contributed by atoms with Crippen molar-refractivity contribution in [2.24, 2.45) is 5.10 Å². The summed E-state index contributed by atoms with van der Waals surface area (Å²) < 4.78 is 5.17. The number of ether oxygens (including phenoxy) is 1. The molecular weight excluding hydrogens is 376 g/mol. The van der Waals surface area contributed by atoms with Crippen LogP contribution in [0.2, 0.25) is 5.02 Å². The van der Waals surface area contributed by atoms with Gasteiger partial charge in [-0.15, -0.1) is 0 Å². The minimum Gasteiger partial charge on any atom is -0.497 e. The van der Waals surface area contributed by atoms with E-state index in [4.69, 9.17) is 16.3 Å². The molecule has 0 aromatic heterocycles. The van der Waals surface area contributed by atoms with Crippen LogP contribution in [-0.2, 0) is 11.3 Å². The molecule has 0 bridgehead atoms. The molecule has 0 atom stereocenters. The van der Waals surface area contributed by atoms with Crippen molar-refractivity contribution in [3.05, 3.63) is 64.7 Å². The molecule has 1 amide bonds. The Balaban J connectivity index is 1.40. The lowest BCUT2D eigenvalue weighted by molar-refractivity contribution is -0.122. The molecule has 148 valence electrons. The first-order valence-corrected chi connectivity index (χ1v) is 9.66. The van der Waals surface area contributed by atoms with Gasteiger partial charge in [-0.05, 0) is 29.3 Å². The predicted octanol–water partition coefficient (Wildman–Crippen LogP) is 2.62. The standard InChI is InChI=1S/C21H25ClN4O2/c1-28-19-7-4-5-17(13-19)14-23-24-21(27)16-26-11-9-25(10-12-26)15-18-6-2-3-8-20(18)22/h2-8,13-14H,9-12,15-16H2,1H3,(H,24,27). The van der Waals surface area contributed by atoms with E-state index in [9.17, 15) is 4.79 Å².